The molecular formula is C15H21N3O2. The van der Waals surface area contributed by atoms with Crippen molar-refractivity contribution in [3.8, 4) is 0 Å². The number of nitrogens with one attached hydrogen (secondary N) is 1. The smallest absolute Gasteiger partial charge is 0.239 e. The second-order valence-electron chi connectivity index (χ2n) is 5.59. The van der Waals surface area contributed by atoms with Crippen LogP contribution >= 0.6 is 0 Å². The first-order valence-corrected chi connectivity index (χ1v) is 7.19. The van der Waals surface area contributed by atoms with Crippen molar-refractivity contribution in [3.05, 3.63) is 29.8 Å². The summed E-state index contributed by atoms with van der Waals surface area (Å²) in [6, 6.07) is 8.04. The predicted molar refractivity (Wildman–Crippen MR) is 77.0 cm³/mol. The van der Waals surface area contributed by atoms with Crippen LogP contribution in [-0.2, 0) is 16.1 Å². The molecule has 1 heterocycles. The number of nitrogens with zero attached hydrogens (tertiary/aromatic N) is 1. The maximum absolute atomic E-state index is 12.3. The zero-order valence-electron chi connectivity index (χ0n) is 11.5. The number of ether oxygens (including phenoxy) is 1. The Kier molecular flexibility index (Phi) is 3.89. The van der Waals surface area contributed by atoms with Crippen molar-refractivity contribution < 1.29 is 9.53 Å². The minimum absolute atomic E-state index is 0.0997. The largest absolute Gasteiger partial charge is 0.399 e. The highest BCUT2D eigenvalue weighted by Gasteiger charge is 2.33. The number of anilines is 1. The normalized spacial score (nSPS) is 23.5. The number of hydrogen-bond donors (Lipinski definition) is 2. The van der Waals surface area contributed by atoms with Crippen LogP contribution in [0.2, 0.25) is 0 Å². The molecule has 108 valence electrons. The molecule has 0 radical (unpaired) electrons. The first-order valence-electron chi connectivity index (χ1n) is 7.19. The Balaban J connectivity index is 1.64. The highest BCUT2D eigenvalue weighted by Crippen LogP contribution is 2.20. The first kappa shape index (κ1) is 13.4. The van der Waals surface area contributed by atoms with Crippen LogP contribution < -0.4 is 11.1 Å². The van der Waals surface area contributed by atoms with Crippen LogP contribution in [0.25, 0.3) is 0 Å². The average molecular weight is 275 g/mol. The van der Waals surface area contributed by atoms with Crippen molar-refractivity contribution in [2.24, 2.45) is 0 Å². The summed E-state index contributed by atoms with van der Waals surface area (Å²) in [7, 11) is 0. The van der Waals surface area contributed by atoms with Crippen molar-refractivity contribution in [1.29, 1.82) is 0 Å². The van der Waals surface area contributed by atoms with E-state index in [2.05, 4.69) is 10.2 Å². The van der Waals surface area contributed by atoms with Crippen molar-refractivity contribution >= 4 is 11.6 Å². The van der Waals surface area contributed by atoms with Crippen LogP contribution in [0.3, 0.4) is 0 Å². The van der Waals surface area contributed by atoms with Gasteiger partial charge in [-0.2, -0.15) is 0 Å². The summed E-state index contributed by atoms with van der Waals surface area (Å²) in [6.07, 6.45) is 2.22. The SMILES string of the molecule is Nc1ccc(CN2CCOCC2C(=O)NC2CC2)cc1. The summed E-state index contributed by atoms with van der Waals surface area (Å²) < 4.78 is 5.47. The van der Waals surface area contributed by atoms with Gasteiger partial charge in [0.05, 0.1) is 13.2 Å². The van der Waals surface area contributed by atoms with Gasteiger partial charge in [0.15, 0.2) is 0 Å². The van der Waals surface area contributed by atoms with E-state index in [0.29, 0.717) is 19.3 Å². The fraction of sp³-hybridized carbons (Fsp3) is 0.533. The average Bonchev–Trinajstić information content (AvgIpc) is 3.26. The van der Waals surface area contributed by atoms with E-state index in [4.69, 9.17) is 10.5 Å². The maximum atomic E-state index is 12.3. The molecule has 2 fully saturated rings. The summed E-state index contributed by atoms with van der Waals surface area (Å²) in [6.45, 7) is 2.70. The molecule has 1 unspecified atom stereocenters. The summed E-state index contributed by atoms with van der Waals surface area (Å²) in [5, 5.41) is 3.07. The van der Waals surface area contributed by atoms with E-state index in [0.717, 1.165) is 31.6 Å². The van der Waals surface area contributed by atoms with Gasteiger partial charge in [0.1, 0.15) is 6.04 Å². The second kappa shape index (κ2) is 5.81. The van der Waals surface area contributed by atoms with Crippen LogP contribution in [0, 0.1) is 0 Å². The number of rotatable bonds is 4. The molecule has 0 aromatic heterocycles. The van der Waals surface area contributed by atoms with Crippen LogP contribution in [0.15, 0.2) is 24.3 Å². The van der Waals surface area contributed by atoms with Gasteiger partial charge in [-0.3, -0.25) is 9.69 Å². The second-order valence-corrected chi connectivity index (χ2v) is 5.59. The molecule has 2 aliphatic rings. The van der Waals surface area contributed by atoms with Gasteiger partial charge < -0.3 is 15.8 Å². The zero-order chi connectivity index (χ0) is 13.9. The molecule has 1 aliphatic heterocycles. The van der Waals surface area contributed by atoms with E-state index in [1.807, 2.05) is 24.3 Å². The quantitative estimate of drug-likeness (QED) is 0.796. The van der Waals surface area contributed by atoms with Gasteiger partial charge in [-0.05, 0) is 30.5 Å². The molecule has 1 amide bonds. The molecule has 1 aliphatic carbocycles. The summed E-state index contributed by atoms with van der Waals surface area (Å²) in [5.74, 6) is 0.0997. The van der Waals surface area contributed by atoms with E-state index in [9.17, 15) is 4.79 Å². The number of morpholine rings is 1. The van der Waals surface area contributed by atoms with Crippen molar-refractivity contribution in [2.75, 3.05) is 25.5 Å². The minimum Gasteiger partial charge on any atom is -0.399 e. The first-order chi connectivity index (χ1) is 9.72. The third-order valence-corrected chi connectivity index (χ3v) is 3.83. The van der Waals surface area contributed by atoms with Crippen LogP contribution in [0.4, 0.5) is 5.69 Å². The molecule has 1 atom stereocenters. The van der Waals surface area contributed by atoms with Gasteiger partial charge >= 0.3 is 0 Å². The third-order valence-electron chi connectivity index (χ3n) is 3.83. The van der Waals surface area contributed by atoms with Gasteiger partial charge in [0.25, 0.3) is 0 Å². The van der Waals surface area contributed by atoms with Crippen molar-refractivity contribution in [1.82, 2.24) is 10.2 Å². The molecular weight excluding hydrogens is 254 g/mol. The van der Waals surface area contributed by atoms with E-state index < -0.39 is 0 Å². The fourth-order valence-electron chi connectivity index (χ4n) is 2.45. The van der Waals surface area contributed by atoms with Gasteiger partial charge in [0.2, 0.25) is 5.91 Å². The molecule has 20 heavy (non-hydrogen) atoms. The van der Waals surface area contributed by atoms with Crippen LogP contribution in [-0.4, -0.2) is 42.6 Å². The van der Waals surface area contributed by atoms with Crippen molar-refractivity contribution in [2.45, 2.75) is 31.5 Å². The Morgan fingerprint density at radius 2 is 2.10 bits per heavy atom. The molecule has 1 aromatic rings. The Morgan fingerprint density at radius 1 is 1.35 bits per heavy atom. The summed E-state index contributed by atoms with van der Waals surface area (Å²) in [4.78, 5) is 14.4. The molecule has 0 spiro atoms. The van der Waals surface area contributed by atoms with Crippen LogP contribution in [0.5, 0.6) is 0 Å². The highest BCUT2D eigenvalue weighted by atomic mass is 16.5. The Hall–Kier alpha value is -1.59. The Morgan fingerprint density at radius 3 is 2.80 bits per heavy atom. The lowest BCUT2D eigenvalue weighted by atomic mass is 10.1. The Labute approximate surface area is 119 Å². The lowest BCUT2D eigenvalue weighted by molar-refractivity contribution is -0.133. The maximum Gasteiger partial charge on any atom is 0.239 e. The van der Waals surface area contributed by atoms with E-state index in [1.54, 1.807) is 0 Å². The van der Waals surface area contributed by atoms with Gasteiger partial charge in [-0.15, -0.1) is 0 Å². The number of nitrogen functional groups attached to an aromatic ring is 1. The topological polar surface area (TPSA) is 67.6 Å². The molecule has 1 saturated carbocycles. The molecule has 3 rings (SSSR count). The van der Waals surface area contributed by atoms with E-state index in [1.165, 1.54) is 5.56 Å². The molecule has 1 aromatic carbocycles. The Bertz CT molecular complexity index is 471. The van der Waals surface area contributed by atoms with Gasteiger partial charge in [-0.25, -0.2) is 0 Å². The number of carbonyl (C=O) groups excluding carboxylic acids is 1. The lowest BCUT2D eigenvalue weighted by Crippen LogP contribution is -2.53. The number of benzene rings is 1. The third kappa shape index (κ3) is 3.29. The molecule has 1 saturated heterocycles. The number of carbonyl (C=O) groups is 1. The standard InChI is InChI=1S/C15H21N3O2/c16-12-3-1-11(2-4-12)9-18-7-8-20-10-14(18)15(19)17-13-5-6-13/h1-4,13-14H,5-10,16H2,(H,17,19). The van der Waals surface area contributed by atoms with Gasteiger partial charge in [0, 0.05) is 24.8 Å². The highest BCUT2D eigenvalue weighted by molar-refractivity contribution is 5.82. The molecule has 0 bridgehead atoms. The lowest BCUT2D eigenvalue weighted by Gasteiger charge is -2.34. The zero-order valence-corrected chi connectivity index (χ0v) is 11.5. The van der Waals surface area contributed by atoms with E-state index >= 15 is 0 Å². The van der Waals surface area contributed by atoms with E-state index in [-0.39, 0.29) is 11.9 Å². The number of amides is 1. The van der Waals surface area contributed by atoms with Gasteiger partial charge in [-0.1, -0.05) is 12.1 Å². The minimum atomic E-state index is -0.179. The fourth-order valence-corrected chi connectivity index (χ4v) is 2.45. The van der Waals surface area contributed by atoms with Crippen LogP contribution in [0.1, 0.15) is 18.4 Å². The molecule has 3 N–H and O–H groups in total. The monoisotopic (exact) mass is 275 g/mol. The number of nitrogens with two attached hydrogens (primary N) is 1. The van der Waals surface area contributed by atoms with Crippen molar-refractivity contribution in [3.63, 3.8) is 0 Å². The predicted octanol–water partition coefficient (Wildman–Crippen LogP) is 0.748. The summed E-state index contributed by atoms with van der Waals surface area (Å²) in [5.41, 5.74) is 7.63. The summed E-state index contributed by atoms with van der Waals surface area (Å²) >= 11 is 0. The molecule has 5 nitrogen and oxygen atoms in total. The number of hydrogen-bond acceptors (Lipinski definition) is 4. The molecule has 5 heteroatoms.